The van der Waals surface area contributed by atoms with E-state index in [-0.39, 0.29) is 57.9 Å². The number of hydrogen-bond acceptors (Lipinski definition) is 11. The van der Waals surface area contributed by atoms with Crippen LogP contribution < -0.4 is 29.6 Å². The molecule has 7 rings (SSSR count). The summed E-state index contributed by atoms with van der Waals surface area (Å²) in [6.45, 7) is -0.249. The van der Waals surface area contributed by atoms with E-state index in [9.17, 15) is 25.1 Å². The number of aliphatic hydroxyl groups excluding tert-OH is 1. The minimum absolute atomic E-state index is 0.0262. The average Bonchev–Trinajstić information content (AvgIpc) is 3.31. The molecule has 0 saturated carbocycles. The van der Waals surface area contributed by atoms with E-state index in [0.717, 1.165) is 16.7 Å². The van der Waals surface area contributed by atoms with Crippen molar-refractivity contribution in [2.75, 3.05) is 6.73 Å². The molecule has 11 heteroatoms. The van der Waals surface area contributed by atoms with Gasteiger partial charge in [0.05, 0.1) is 5.56 Å². The third kappa shape index (κ3) is 11.5. The van der Waals surface area contributed by atoms with Crippen molar-refractivity contribution in [3.05, 3.63) is 214 Å². The topological polar surface area (TPSA) is 167 Å². The first kappa shape index (κ1) is 42.4. The predicted octanol–water partition coefficient (Wildman–Crippen LogP) is 8.25. The lowest BCUT2D eigenvalue weighted by Crippen LogP contribution is -2.15. The number of aliphatic hydroxyl groups is 1. The number of hydrogen-bond donors (Lipinski definition) is 4. The van der Waals surface area contributed by atoms with Gasteiger partial charge in [-0.1, -0.05) is 90.1 Å². The highest BCUT2D eigenvalue weighted by Gasteiger charge is 2.22. The third-order valence-corrected chi connectivity index (χ3v) is 8.93. The van der Waals surface area contributed by atoms with E-state index in [4.69, 9.17) is 24.7 Å². The van der Waals surface area contributed by atoms with Crippen molar-refractivity contribution in [3.63, 3.8) is 0 Å². The Bertz CT molecular complexity index is 2960. The molecule has 0 aromatic heterocycles. The minimum Gasteiger partial charge on any atom is -0.507 e. The molecule has 0 aliphatic heterocycles. The van der Waals surface area contributed by atoms with E-state index in [1.807, 2.05) is 91.0 Å². The Morgan fingerprint density at radius 3 is 1.40 bits per heavy atom. The van der Waals surface area contributed by atoms with Crippen molar-refractivity contribution >= 4 is 11.9 Å². The number of esters is 2. The highest BCUT2D eigenvalue weighted by Crippen LogP contribution is 2.35. The molecule has 1 unspecified atom stereocenters. The van der Waals surface area contributed by atoms with E-state index in [1.165, 1.54) is 54.6 Å². The van der Waals surface area contributed by atoms with Crippen LogP contribution in [0.4, 0.5) is 0 Å². The molecule has 0 saturated heterocycles. The smallest absolute Gasteiger partial charge is 0.347 e. The van der Waals surface area contributed by atoms with Gasteiger partial charge in [0.1, 0.15) is 46.6 Å². The molecule has 0 aliphatic carbocycles. The number of phenolic OH excluding ortho intramolecular Hbond substituents is 1. The van der Waals surface area contributed by atoms with Gasteiger partial charge in [0.2, 0.25) is 6.29 Å². The summed E-state index contributed by atoms with van der Waals surface area (Å²) in [5.41, 5.74) is 9.01. The van der Waals surface area contributed by atoms with Gasteiger partial charge in [-0.15, -0.1) is 0 Å². The maximum absolute atomic E-state index is 13.9. The molecule has 5 N–H and O–H groups in total. The van der Waals surface area contributed by atoms with Crippen LogP contribution in [0.15, 0.2) is 164 Å². The first-order valence-corrected chi connectivity index (χ1v) is 19.2. The summed E-state index contributed by atoms with van der Waals surface area (Å²) in [5, 5.41) is 31.7. The zero-order chi connectivity index (χ0) is 44.0. The second-order valence-electron chi connectivity index (χ2n) is 13.3. The highest BCUT2D eigenvalue weighted by molar-refractivity contribution is 5.95. The van der Waals surface area contributed by atoms with Crippen LogP contribution in [0, 0.1) is 35.5 Å². The second kappa shape index (κ2) is 20.5. The molecule has 0 radical (unpaired) electrons. The Balaban J connectivity index is 1.21. The molecule has 308 valence electrons. The maximum Gasteiger partial charge on any atom is 0.347 e. The number of ether oxygens (including phenoxy) is 4. The van der Waals surface area contributed by atoms with Gasteiger partial charge in [-0.25, -0.2) is 14.8 Å². The summed E-state index contributed by atoms with van der Waals surface area (Å²) in [5.74, 6) is 15.2. The Kier molecular flexibility index (Phi) is 13.8. The Labute approximate surface area is 362 Å². The summed E-state index contributed by atoms with van der Waals surface area (Å²) >= 11 is 0. The van der Waals surface area contributed by atoms with Crippen molar-refractivity contribution in [1.29, 1.82) is 0 Å². The summed E-state index contributed by atoms with van der Waals surface area (Å²) in [6, 6.07) is 44.8. The number of aromatic hydroxyl groups is 1. The van der Waals surface area contributed by atoms with Crippen LogP contribution in [0.3, 0.4) is 0 Å². The predicted molar refractivity (Wildman–Crippen MR) is 233 cm³/mol. The normalized spacial score (nSPS) is 10.6. The quantitative estimate of drug-likeness (QED) is 0.0262. The number of nitrogens with two attached hydrogens (primary N) is 1. The van der Waals surface area contributed by atoms with Gasteiger partial charge in [0.15, 0.2) is 5.75 Å². The fraction of sp³-hybridized carbons (Fsp3) is 0.0385. The minimum atomic E-state index is -1.79. The maximum atomic E-state index is 13.9. The Hall–Kier alpha value is -8.76. The van der Waals surface area contributed by atoms with Gasteiger partial charge in [-0.05, 0) is 91.0 Å². The van der Waals surface area contributed by atoms with E-state index >= 15 is 0 Å². The fourth-order valence-corrected chi connectivity index (χ4v) is 5.91. The molecular formula is C52H35NO10. The SMILES string of the molecule is NCOc1ccc(C#Cc2ccccc2)cc1C(=O)Oc1cc(OC(=O)c2cc(C#Cc3ccccc3)ccc2OO)cc(OC(O)c2cc(C#Cc3ccccc3)ccc2O)c1. The van der Waals surface area contributed by atoms with Crippen LogP contribution in [0.1, 0.15) is 66.0 Å². The zero-order valence-corrected chi connectivity index (χ0v) is 33.1. The van der Waals surface area contributed by atoms with Crippen molar-refractivity contribution in [1.82, 2.24) is 0 Å². The first-order valence-electron chi connectivity index (χ1n) is 19.2. The molecule has 7 aromatic carbocycles. The van der Waals surface area contributed by atoms with Crippen molar-refractivity contribution in [3.8, 4) is 70.0 Å². The molecule has 1 atom stereocenters. The van der Waals surface area contributed by atoms with Crippen LogP contribution in [0.5, 0.6) is 34.5 Å². The molecular weight excluding hydrogens is 799 g/mol. The molecule has 63 heavy (non-hydrogen) atoms. The molecule has 11 nitrogen and oxygen atoms in total. The third-order valence-electron chi connectivity index (χ3n) is 8.93. The largest absolute Gasteiger partial charge is 0.507 e. The van der Waals surface area contributed by atoms with E-state index in [2.05, 4.69) is 40.4 Å². The van der Waals surface area contributed by atoms with Gasteiger partial charge in [-0.3, -0.25) is 5.73 Å². The van der Waals surface area contributed by atoms with Crippen LogP contribution in [-0.4, -0.2) is 34.1 Å². The number of rotatable bonds is 10. The number of carbonyl (C=O) groups is 2. The molecule has 0 aliphatic rings. The van der Waals surface area contributed by atoms with Crippen LogP contribution in [-0.2, 0) is 0 Å². The van der Waals surface area contributed by atoms with Gasteiger partial charge < -0.3 is 34.0 Å². The van der Waals surface area contributed by atoms with Gasteiger partial charge in [0.25, 0.3) is 0 Å². The zero-order valence-electron chi connectivity index (χ0n) is 33.1. The summed E-state index contributed by atoms with van der Waals surface area (Å²) in [6.07, 6.45) is -1.79. The lowest BCUT2D eigenvalue weighted by molar-refractivity contribution is -0.138. The molecule has 0 spiro atoms. The summed E-state index contributed by atoms with van der Waals surface area (Å²) in [7, 11) is 0. The number of carbonyl (C=O) groups excluding carboxylic acids is 2. The molecule has 7 aromatic rings. The van der Waals surface area contributed by atoms with Crippen LogP contribution in [0.25, 0.3) is 0 Å². The standard InChI is InChI=1S/C52H35NO10/c53-34-59-48-26-23-39(20-17-36-12-6-2-7-13-36)29-45(48)51(56)61-42-31-41(60-50(55)44-28-38(22-25-47(44)54)19-16-35-10-4-1-5-11-35)32-43(33-42)62-52(57)46-30-40(24-27-49(46)63-58)21-18-37-14-8-3-9-15-37/h1-15,22-33,50,54-55,58H,34,53H2. The van der Waals surface area contributed by atoms with Crippen molar-refractivity contribution in [2.24, 2.45) is 5.73 Å². The van der Waals surface area contributed by atoms with Gasteiger partial charge in [0, 0.05) is 51.6 Å². The Morgan fingerprint density at radius 1 is 0.508 bits per heavy atom. The number of benzene rings is 7. The molecule has 0 amide bonds. The van der Waals surface area contributed by atoms with Crippen molar-refractivity contribution in [2.45, 2.75) is 6.29 Å². The number of phenols is 1. The van der Waals surface area contributed by atoms with Gasteiger partial charge in [-0.2, -0.15) is 0 Å². The second-order valence-corrected chi connectivity index (χ2v) is 13.3. The Morgan fingerprint density at radius 2 is 0.921 bits per heavy atom. The lowest BCUT2D eigenvalue weighted by Gasteiger charge is -2.17. The van der Waals surface area contributed by atoms with Crippen LogP contribution in [0.2, 0.25) is 0 Å². The molecule has 0 bridgehead atoms. The molecule has 0 heterocycles. The highest BCUT2D eigenvalue weighted by atomic mass is 17.1. The van der Waals surface area contributed by atoms with Crippen LogP contribution >= 0.6 is 0 Å². The molecule has 0 fully saturated rings. The van der Waals surface area contributed by atoms with E-state index < -0.39 is 18.2 Å². The monoisotopic (exact) mass is 833 g/mol. The average molecular weight is 834 g/mol. The van der Waals surface area contributed by atoms with Crippen molar-refractivity contribution < 1.29 is 48.9 Å². The summed E-state index contributed by atoms with van der Waals surface area (Å²) < 4.78 is 22.9. The van der Waals surface area contributed by atoms with E-state index in [0.29, 0.717) is 16.7 Å². The fourth-order valence-electron chi connectivity index (χ4n) is 5.91. The first-order chi connectivity index (χ1) is 30.7. The van der Waals surface area contributed by atoms with Gasteiger partial charge >= 0.3 is 11.9 Å². The lowest BCUT2D eigenvalue weighted by atomic mass is 10.1. The van der Waals surface area contributed by atoms with E-state index in [1.54, 1.807) is 18.2 Å². The summed E-state index contributed by atoms with van der Waals surface area (Å²) in [4.78, 5) is 32.1.